The van der Waals surface area contributed by atoms with E-state index in [1.807, 2.05) is 56.3 Å². The van der Waals surface area contributed by atoms with E-state index in [0.29, 0.717) is 11.9 Å². The quantitative estimate of drug-likeness (QED) is 0.401. The summed E-state index contributed by atoms with van der Waals surface area (Å²) < 4.78 is 27.0. The van der Waals surface area contributed by atoms with Crippen LogP contribution in [-0.2, 0) is 6.61 Å². The fourth-order valence-electron chi connectivity index (χ4n) is 4.27. The number of rotatable bonds is 10. The lowest BCUT2D eigenvalue weighted by molar-refractivity contribution is -0.0178. The third-order valence-electron chi connectivity index (χ3n) is 6.30. The van der Waals surface area contributed by atoms with Crippen LogP contribution >= 0.6 is 15.9 Å². The lowest BCUT2D eigenvalue weighted by Crippen LogP contribution is -2.56. The zero-order valence-corrected chi connectivity index (χ0v) is 19.4. The van der Waals surface area contributed by atoms with Gasteiger partial charge < -0.3 is 9.47 Å². The highest BCUT2D eigenvalue weighted by atomic mass is 79.9. The highest BCUT2D eigenvalue weighted by Crippen LogP contribution is 2.56. The maximum Gasteiger partial charge on any atom is 0.124 e. The van der Waals surface area contributed by atoms with Gasteiger partial charge >= 0.3 is 0 Å². The first-order valence-corrected chi connectivity index (χ1v) is 11.9. The second-order valence-corrected chi connectivity index (χ2v) is 10.1. The van der Waals surface area contributed by atoms with Gasteiger partial charge in [-0.15, -0.1) is 0 Å². The standard InChI is InChI=1S/C25H31BrFNO2/c1-24(2,17-26)23(27)25(12-13-25)18-28-14-22(15-28)30-21-10-8-20(9-11-21)29-16-19-6-4-3-5-7-19/h3-11,22-23H,12-18H2,1-2H3. The number of halogens is 2. The van der Waals surface area contributed by atoms with Crippen LogP contribution in [0.4, 0.5) is 4.39 Å². The van der Waals surface area contributed by atoms with Crippen molar-refractivity contribution < 1.29 is 13.9 Å². The Balaban J connectivity index is 1.21. The van der Waals surface area contributed by atoms with E-state index in [-0.39, 0.29) is 16.9 Å². The summed E-state index contributed by atoms with van der Waals surface area (Å²) in [6, 6.07) is 18.0. The Morgan fingerprint density at radius 3 is 2.30 bits per heavy atom. The second-order valence-electron chi connectivity index (χ2n) is 9.53. The van der Waals surface area contributed by atoms with Gasteiger partial charge in [0.25, 0.3) is 0 Å². The molecule has 162 valence electrons. The van der Waals surface area contributed by atoms with Crippen molar-refractivity contribution in [3.63, 3.8) is 0 Å². The zero-order valence-electron chi connectivity index (χ0n) is 17.8. The van der Waals surface area contributed by atoms with Gasteiger partial charge in [0.1, 0.15) is 30.4 Å². The van der Waals surface area contributed by atoms with Crippen LogP contribution in [0.5, 0.6) is 11.5 Å². The predicted molar refractivity (Wildman–Crippen MR) is 122 cm³/mol. The Hall–Kier alpha value is -1.59. The normalized spacial score (nSPS) is 19.7. The van der Waals surface area contributed by atoms with Crippen LogP contribution in [0.2, 0.25) is 0 Å². The van der Waals surface area contributed by atoms with E-state index in [9.17, 15) is 0 Å². The maximum absolute atomic E-state index is 15.1. The van der Waals surface area contributed by atoms with Gasteiger partial charge in [0, 0.05) is 35.8 Å². The van der Waals surface area contributed by atoms with Gasteiger partial charge in [-0.1, -0.05) is 60.1 Å². The van der Waals surface area contributed by atoms with E-state index in [0.717, 1.165) is 49.5 Å². The fourth-order valence-corrected chi connectivity index (χ4v) is 4.55. The molecular weight excluding hydrogens is 445 g/mol. The average molecular weight is 476 g/mol. The summed E-state index contributed by atoms with van der Waals surface area (Å²) in [5.41, 5.74) is 0.678. The molecule has 5 heteroatoms. The van der Waals surface area contributed by atoms with Crippen LogP contribution in [0.3, 0.4) is 0 Å². The van der Waals surface area contributed by atoms with Crippen molar-refractivity contribution in [2.75, 3.05) is 25.0 Å². The number of nitrogens with zero attached hydrogens (tertiary/aromatic N) is 1. The molecule has 0 amide bonds. The van der Waals surface area contributed by atoms with Crippen LogP contribution < -0.4 is 9.47 Å². The molecule has 2 aromatic carbocycles. The van der Waals surface area contributed by atoms with Crippen LogP contribution in [0.15, 0.2) is 54.6 Å². The summed E-state index contributed by atoms with van der Waals surface area (Å²) in [6.45, 7) is 7.17. The van der Waals surface area contributed by atoms with Crippen molar-refractivity contribution in [1.29, 1.82) is 0 Å². The summed E-state index contributed by atoms with van der Waals surface area (Å²) in [5.74, 6) is 1.69. The van der Waals surface area contributed by atoms with E-state index in [2.05, 4.69) is 33.0 Å². The van der Waals surface area contributed by atoms with E-state index < -0.39 is 6.17 Å². The Labute approximate surface area is 187 Å². The van der Waals surface area contributed by atoms with Crippen molar-refractivity contribution in [3.05, 3.63) is 60.2 Å². The molecule has 1 saturated carbocycles. The highest BCUT2D eigenvalue weighted by molar-refractivity contribution is 9.09. The molecule has 2 aliphatic rings. The first kappa shape index (κ1) is 21.6. The molecule has 1 aliphatic heterocycles. The summed E-state index contributed by atoms with van der Waals surface area (Å²) in [5, 5.41) is 0.694. The van der Waals surface area contributed by atoms with Gasteiger partial charge in [0.15, 0.2) is 0 Å². The molecule has 1 heterocycles. The topological polar surface area (TPSA) is 21.7 Å². The smallest absolute Gasteiger partial charge is 0.124 e. The molecule has 1 unspecified atom stereocenters. The average Bonchev–Trinajstić information content (AvgIpc) is 3.52. The number of hydrogen-bond donors (Lipinski definition) is 0. The van der Waals surface area contributed by atoms with E-state index in [1.165, 1.54) is 0 Å². The number of benzene rings is 2. The van der Waals surface area contributed by atoms with Crippen LogP contribution in [-0.4, -0.2) is 42.1 Å². The molecule has 1 saturated heterocycles. The monoisotopic (exact) mass is 475 g/mol. The van der Waals surface area contributed by atoms with E-state index in [1.54, 1.807) is 0 Å². The van der Waals surface area contributed by atoms with Gasteiger partial charge in [0.2, 0.25) is 0 Å². The number of likely N-dealkylation sites (tertiary alicyclic amines) is 1. The highest BCUT2D eigenvalue weighted by Gasteiger charge is 2.56. The van der Waals surface area contributed by atoms with Gasteiger partial charge in [-0.2, -0.15) is 0 Å². The third kappa shape index (κ3) is 5.00. The van der Waals surface area contributed by atoms with Crippen LogP contribution in [0.1, 0.15) is 32.3 Å². The van der Waals surface area contributed by atoms with Crippen molar-refractivity contribution in [1.82, 2.24) is 4.90 Å². The molecular formula is C25H31BrFNO2. The minimum Gasteiger partial charge on any atom is -0.489 e. The molecule has 2 aromatic rings. The predicted octanol–water partition coefficient (Wildman–Crippen LogP) is 5.87. The molecule has 1 aliphatic carbocycles. The Morgan fingerprint density at radius 1 is 1.07 bits per heavy atom. The molecule has 0 aromatic heterocycles. The van der Waals surface area contributed by atoms with Crippen molar-refractivity contribution in [2.24, 2.45) is 10.8 Å². The Kier molecular flexibility index (Phi) is 6.40. The lowest BCUT2D eigenvalue weighted by atomic mass is 9.79. The van der Waals surface area contributed by atoms with Crippen molar-refractivity contribution in [3.8, 4) is 11.5 Å². The molecule has 1 atom stereocenters. The zero-order chi connectivity index (χ0) is 21.2. The molecule has 3 nitrogen and oxygen atoms in total. The van der Waals surface area contributed by atoms with Crippen LogP contribution in [0, 0.1) is 10.8 Å². The SMILES string of the molecule is CC(C)(CBr)C(F)C1(CN2CC(Oc3ccc(OCc4ccccc4)cc3)C2)CC1. The summed E-state index contributed by atoms with van der Waals surface area (Å²) in [7, 11) is 0. The van der Waals surface area contributed by atoms with Gasteiger partial charge in [-0.3, -0.25) is 4.90 Å². The Morgan fingerprint density at radius 2 is 1.70 bits per heavy atom. The second kappa shape index (κ2) is 8.88. The summed E-state index contributed by atoms with van der Waals surface area (Å²) in [6.07, 6.45) is 1.40. The number of alkyl halides is 2. The van der Waals surface area contributed by atoms with Gasteiger partial charge in [-0.25, -0.2) is 4.39 Å². The van der Waals surface area contributed by atoms with Gasteiger partial charge in [0.05, 0.1) is 0 Å². The molecule has 0 spiro atoms. The summed E-state index contributed by atoms with van der Waals surface area (Å²) in [4.78, 5) is 2.34. The number of ether oxygens (including phenoxy) is 2. The third-order valence-corrected chi connectivity index (χ3v) is 7.74. The first-order valence-electron chi connectivity index (χ1n) is 10.8. The lowest BCUT2D eigenvalue weighted by Gasteiger charge is -2.43. The van der Waals surface area contributed by atoms with Crippen molar-refractivity contribution in [2.45, 2.75) is 45.6 Å². The number of hydrogen-bond acceptors (Lipinski definition) is 3. The maximum atomic E-state index is 15.1. The minimum atomic E-state index is -0.771. The largest absolute Gasteiger partial charge is 0.489 e. The molecule has 0 bridgehead atoms. The molecule has 0 N–H and O–H groups in total. The van der Waals surface area contributed by atoms with E-state index in [4.69, 9.17) is 9.47 Å². The molecule has 0 radical (unpaired) electrons. The molecule has 4 rings (SSSR count). The molecule has 2 fully saturated rings. The first-order chi connectivity index (χ1) is 14.4. The van der Waals surface area contributed by atoms with Crippen LogP contribution in [0.25, 0.3) is 0 Å². The van der Waals surface area contributed by atoms with E-state index >= 15 is 4.39 Å². The fraction of sp³-hybridized carbons (Fsp3) is 0.520. The van der Waals surface area contributed by atoms with Gasteiger partial charge in [-0.05, 0) is 42.7 Å². The summed E-state index contributed by atoms with van der Waals surface area (Å²) >= 11 is 3.48. The Bertz CT molecular complexity index is 817. The minimum absolute atomic E-state index is 0.153. The van der Waals surface area contributed by atoms with Crippen molar-refractivity contribution >= 4 is 15.9 Å². The molecule has 30 heavy (non-hydrogen) atoms.